The number of benzene rings is 2. The Balaban J connectivity index is 2.13. The lowest BCUT2D eigenvalue weighted by Crippen LogP contribution is -2.52. The molecule has 0 bridgehead atoms. The summed E-state index contributed by atoms with van der Waals surface area (Å²) < 4.78 is 179. The highest BCUT2D eigenvalue weighted by molar-refractivity contribution is 7.16. The minimum atomic E-state index is -5.04. The molecule has 20 heteroatoms. The molecule has 3 heterocycles. The third-order valence-corrected chi connectivity index (χ3v) is 21.6. The van der Waals surface area contributed by atoms with Crippen LogP contribution in [0.15, 0.2) is 78.3 Å². The largest absolute Gasteiger partial charge is 0.416 e. The van der Waals surface area contributed by atoms with E-state index in [1.54, 1.807) is 45.8 Å². The molecular weight excluding hydrogens is 955 g/mol. The minimum absolute atomic E-state index is 0.454. The van der Waals surface area contributed by atoms with Gasteiger partial charge in [0.2, 0.25) is 13.4 Å². The fourth-order valence-electron chi connectivity index (χ4n) is 8.18. The first-order valence-corrected chi connectivity index (χ1v) is 36.3. The second-order valence-corrected chi connectivity index (χ2v) is 42.2. The molecule has 0 saturated carbocycles. The monoisotopic (exact) mass is 1000 g/mol. The van der Waals surface area contributed by atoms with Gasteiger partial charge >= 0.3 is 24.7 Å². The van der Waals surface area contributed by atoms with Gasteiger partial charge in [-0.05, 0) is 68.0 Å². The zero-order valence-corrected chi connectivity index (χ0v) is 43.2. The van der Waals surface area contributed by atoms with Crippen LogP contribution in [0.1, 0.15) is 44.5 Å². The molecule has 2 aromatic heterocycles. The maximum absolute atomic E-state index is 15.2. The Kier molecular flexibility index (Phi) is 14.2. The summed E-state index contributed by atoms with van der Waals surface area (Å²) in [7, 11) is -11.6. The van der Waals surface area contributed by atoms with E-state index in [0.717, 1.165) is 0 Å². The Morgan fingerprint density at radius 3 is 0.781 bits per heavy atom. The quantitative estimate of drug-likeness (QED) is 0.133. The van der Waals surface area contributed by atoms with E-state index in [1.165, 1.54) is 22.7 Å². The molecule has 0 saturated heterocycles. The van der Waals surface area contributed by atoms with Crippen LogP contribution in [0.25, 0.3) is 24.3 Å². The van der Waals surface area contributed by atoms with Crippen LogP contribution in [0.2, 0.25) is 78.6 Å². The summed E-state index contributed by atoms with van der Waals surface area (Å²) in [5.41, 5.74) is -3.92. The highest BCUT2D eigenvalue weighted by Gasteiger charge is 2.48. The van der Waals surface area contributed by atoms with E-state index >= 15 is 26.3 Å². The molecule has 0 fully saturated rings. The standard InChI is InChI=1S/C44H50B2F12S2Si4/c1-61(2,3)37-17-27-23-59-24-28(27)19-39(63(7,8)9)46(36-22-32(42(50,51)52)14-16-34(36)44(56,57)58)40(64(10,11)12)20-30-26-60-25-29(30)18-38(62(4,5)6)45(37)35-21-31(41(47,48)49)13-15-33(35)43(53,54)55/h13-26H,1-12H3/b37-17-,38-18-,39-19-,40-20-. The van der Waals surface area contributed by atoms with Crippen molar-refractivity contribution >= 4 is 104 Å². The van der Waals surface area contributed by atoms with Crippen molar-refractivity contribution in [3.63, 3.8) is 0 Å². The zero-order valence-electron chi connectivity index (χ0n) is 37.6. The second kappa shape index (κ2) is 17.6. The van der Waals surface area contributed by atoms with Gasteiger partial charge in [0, 0.05) is 0 Å². The molecule has 0 spiro atoms. The number of hydrogen-bond donors (Lipinski definition) is 0. The molecule has 0 amide bonds. The predicted molar refractivity (Wildman–Crippen MR) is 258 cm³/mol. The molecule has 0 N–H and O–H groups in total. The van der Waals surface area contributed by atoms with Crippen LogP contribution in [0.3, 0.4) is 0 Å². The van der Waals surface area contributed by atoms with Gasteiger partial charge in [-0.1, -0.05) is 126 Å². The van der Waals surface area contributed by atoms with Gasteiger partial charge in [0.15, 0.2) is 0 Å². The van der Waals surface area contributed by atoms with E-state index in [-0.39, 0.29) is 0 Å². The van der Waals surface area contributed by atoms with Gasteiger partial charge in [0.25, 0.3) is 0 Å². The van der Waals surface area contributed by atoms with Crippen LogP contribution in [-0.4, -0.2) is 45.7 Å². The highest BCUT2D eigenvalue weighted by Crippen LogP contribution is 2.42. The molecule has 0 atom stereocenters. The molecule has 0 aliphatic carbocycles. The van der Waals surface area contributed by atoms with Crippen LogP contribution < -0.4 is 10.9 Å². The zero-order chi connectivity index (χ0) is 48.6. The molecule has 1 aliphatic rings. The lowest BCUT2D eigenvalue weighted by molar-refractivity contribution is -0.140. The van der Waals surface area contributed by atoms with E-state index < -0.39 is 104 Å². The van der Waals surface area contributed by atoms with Crippen molar-refractivity contribution in [2.24, 2.45) is 0 Å². The number of rotatable bonds is 6. The van der Waals surface area contributed by atoms with Crippen molar-refractivity contribution in [1.82, 2.24) is 0 Å². The first-order valence-electron chi connectivity index (χ1n) is 20.4. The Labute approximate surface area is 380 Å². The average molecular weight is 1000 g/mol. The van der Waals surface area contributed by atoms with Crippen molar-refractivity contribution in [2.45, 2.75) is 103 Å². The molecule has 1 aliphatic heterocycles. The molecule has 0 unspecified atom stereocenters. The Bertz CT molecular complexity index is 2240. The number of alkyl halides is 12. The molecule has 4 aromatic rings. The SMILES string of the molecule is C[Si](C)(C)/C1=C\c2cscc2/C=C(\[Si](C)(C)C)B(c2cc(C(F)(F)F)ccc2C(F)(F)F)/C([Si](C)(C)C)=C/c2cscc2/C=C(\[Si](C)(C)C)B1c1cc(C(F)(F)F)ccc1C(F)(F)F. The molecule has 64 heavy (non-hydrogen) atoms. The fourth-order valence-corrected chi connectivity index (χ4v) is 17.1. The van der Waals surface area contributed by atoms with Gasteiger partial charge in [0.05, 0.1) is 54.5 Å². The number of thiophene rings is 2. The van der Waals surface area contributed by atoms with Gasteiger partial charge in [0.1, 0.15) is 0 Å². The van der Waals surface area contributed by atoms with Crippen LogP contribution in [0.4, 0.5) is 52.7 Å². The van der Waals surface area contributed by atoms with E-state index in [4.69, 9.17) is 0 Å². The summed E-state index contributed by atoms with van der Waals surface area (Å²) in [5.74, 6) is 0. The van der Waals surface area contributed by atoms with Gasteiger partial charge in [-0.25, -0.2) is 0 Å². The lowest BCUT2D eigenvalue weighted by Gasteiger charge is -2.37. The van der Waals surface area contributed by atoms with Gasteiger partial charge in [-0.3, -0.25) is 0 Å². The maximum Gasteiger partial charge on any atom is 0.416 e. The Morgan fingerprint density at radius 1 is 0.359 bits per heavy atom. The van der Waals surface area contributed by atoms with Gasteiger partial charge in [-0.15, -0.1) is 20.4 Å². The number of hydrogen-bond acceptors (Lipinski definition) is 2. The normalized spacial score (nSPS) is 19.1. The van der Waals surface area contributed by atoms with Crippen LogP contribution in [0, 0.1) is 0 Å². The molecule has 0 nitrogen and oxygen atoms in total. The third-order valence-electron chi connectivity index (χ3n) is 11.4. The van der Waals surface area contributed by atoms with E-state index in [1.807, 2.05) is 78.6 Å². The lowest BCUT2D eigenvalue weighted by atomic mass is 9.42. The summed E-state index contributed by atoms with van der Waals surface area (Å²) in [4.78, 5) is 0. The molecule has 344 valence electrons. The number of fused-ring (bicyclic) bond motifs is 2. The number of halogens is 12. The highest BCUT2D eigenvalue weighted by atomic mass is 32.1. The van der Waals surface area contributed by atoms with E-state index in [9.17, 15) is 26.3 Å². The van der Waals surface area contributed by atoms with Crippen molar-refractivity contribution in [2.75, 3.05) is 0 Å². The summed E-state index contributed by atoms with van der Waals surface area (Å²) in [6.45, 7) is 20.4. The Morgan fingerprint density at radius 2 is 0.594 bits per heavy atom. The van der Waals surface area contributed by atoms with E-state index in [2.05, 4.69) is 0 Å². The van der Waals surface area contributed by atoms with Crippen molar-refractivity contribution < 1.29 is 52.7 Å². The van der Waals surface area contributed by atoms with Crippen LogP contribution >= 0.6 is 22.7 Å². The molecule has 0 radical (unpaired) electrons. The maximum atomic E-state index is 15.2. The summed E-state index contributed by atoms with van der Waals surface area (Å²) in [6, 6.07) is 3.19. The molecular formula is C44H50B2F12S2Si4. The van der Waals surface area contributed by atoms with E-state index in [0.29, 0.717) is 79.0 Å². The summed E-state index contributed by atoms with van der Waals surface area (Å²) in [5, 5.41) is 9.03. The first kappa shape index (κ1) is 51.9. The van der Waals surface area contributed by atoms with Crippen LogP contribution in [-0.2, 0) is 24.7 Å². The summed E-state index contributed by atoms with van der Waals surface area (Å²) in [6.07, 6.45) is -13.0. The second-order valence-electron chi connectivity index (χ2n) is 20.4. The third kappa shape index (κ3) is 11.5. The topological polar surface area (TPSA) is 0 Å². The predicted octanol–water partition coefficient (Wildman–Crippen LogP) is 15.6. The minimum Gasteiger partial charge on any atom is -0.166 e. The van der Waals surface area contributed by atoms with Crippen LogP contribution in [0.5, 0.6) is 0 Å². The average Bonchev–Trinajstić information content (AvgIpc) is 3.74. The van der Waals surface area contributed by atoms with Crippen molar-refractivity contribution in [3.8, 4) is 0 Å². The van der Waals surface area contributed by atoms with Crippen molar-refractivity contribution in [1.29, 1.82) is 0 Å². The van der Waals surface area contributed by atoms with Crippen molar-refractivity contribution in [3.05, 3.63) is 123 Å². The fraction of sp³-hybridized carbons (Fsp3) is 0.364. The summed E-state index contributed by atoms with van der Waals surface area (Å²) >= 11 is 2.46. The van der Waals surface area contributed by atoms with Gasteiger partial charge < -0.3 is 0 Å². The first-order chi connectivity index (χ1) is 28.8. The van der Waals surface area contributed by atoms with Gasteiger partial charge in [-0.2, -0.15) is 75.4 Å². The molecule has 5 rings (SSSR count). The Hall–Kier alpha value is -3.04. The molecule has 2 aromatic carbocycles. The smallest absolute Gasteiger partial charge is 0.166 e.